The molecule has 0 aliphatic carbocycles. The van der Waals surface area contributed by atoms with Crippen molar-refractivity contribution in [2.24, 2.45) is 7.05 Å². The summed E-state index contributed by atoms with van der Waals surface area (Å²) in [6.45, 7) is 0. The van der Waals surface area contributed by atoms with Gasteiger partial charge in [-0.05, 0) is 24.3 Å². The predicted octanol–water partition coefficient (Wildman–Crippen LogP) is 1.55. The lowest BCUT2D eigenvalue weighted by Gasteiger charge is -2.11. The number of halogens is 3. The van der Waals surface area contributed by atoms with E-state index in [1.54, 1.807) is 24.1 Å². The summed E-state index contributed by atoms with van der Waals surface area (Å²) in [6, 6.07) is 6.82. The summed E-state index contributed by atoms with van der Waals surface area (Å²) in [7, 11) is -2.69. The molecule has 2 N–H and O–H groups in total. The number of benzene rings is 1. The van der Waals surface area contributed by atoms with Gasteiger partial charge < -0.3 is 9.30 Å². The summed E-state index contributed by atoms with van der Waals surface area (Å²) in [5.41, 5.74) is 2.16. The molecular weight excluding hydrogens is 351 g/mol. The summed E-state index contributed by atoms with van der Waals surface area (Å²) < 4.78 is 65.7. The van der Waals surface area contributed by atoms with Crippen LogP contribution in [0.3, 0.4) is 0 Å². The first kappa shape index (κ1) is 17.8. The van der Waals surface area contributed by atoms with E-state index in [-0.39, 0.29) is 5.69 Å². The highest BCUT2D eigenvalue weighted by Gasteiger charge is 2.31. The van der Waals surface area contributed by atoms with Gasteiger partial charge in [0.25, 0.3) is 15.9 Å². The maximum Gasteiger partial charge on any atom is 0.573 e. The molecule has 0 saturated carbocycles. The number of hydrazine groups is 1. The normalized spacial score (nSPS) is 12.0. The van der Waals surface area contributed by atoms with Gasteiger partial charge in [0.2, 0.25) is 0 Å². The highest BCUT2D eigenvalue weighted by molar-refractivity contribution is 7.89. The van der Waals surface area contributed by atoms with Crippen molar-refractivity contribution in [3.8, 4) is 5.75 Å². The Hall–Kier alpha value is -2.53. The standard InChI is InChI=1S/C13H12F3N3O4S/c1-19-7-3-6-11(19)12(20)17-18-24(21,22)10-5-2-4-9(8-10)23-13(14,15)16/h2-8,18H,1H3,(H,17,20). The fourth-order valence-corrected chi connectivity index (χ4v) is 2.65. The van der Waals surface area contributed by atoms with Gasteiger partial charge in [-0.2, -0.15) is 0 Å². The minimum absolute atomic E-state index is 0.187. The first-order valence-corrected chi connectivity index (χ1v) is 7.86. The number of amides is 1. The Kier molecular flexibility index (Phi) is 4.85. The van der Waals surface area contributed by atoms with Crippen molar-refractivity contribution in [2.75, 3.05) is 0 Å². The molecule has 0 bridgehead atoms. The van der Waals surface area contributed by atoms with Crippen LogP contribution >= 0.6 is 0 Å². The number of carbonyl (C=O) groups excluding carboxylic acids is 1. The van der Waals surface area contributed by atoms with Gasteiger partial charge in [0.15, 0.2) is 0 Å². The van der Waals surface area contributed by atoms with Crippen LogP contribution in [0.1, 0.15) is 10.5 Å². The number of sulfonamides is 1. The average molecular weight is 363 g/mol. The molecule has 2 aromatic rings. The lowest BCUT2D eigenvalue weighted by atomic mass is 10.3. The predicted molar refractivity (Wildman–Crippen MR) is 76.3 cm³/mol. The molecule has 130 valence electrons. The zero-order chi connectivity index (χ0) is 18.0. The van der Waals surface area contributed by atoms with E-state index >= 15 is 0 Å². The number of rotatable bonds is 5. The molecule has 1 heterocycles. The molecule has 0 unspecified atom stereocenters. The van der Waals surface area contributed by atoms with Gasteiger partial charge in [0, 0.05) is 19.3 Å². The van der Waals surface area contributed by atoms with Gasteiger partial charge >= 0.3 is 6.36 Å². The fraction of sp³-hybridized carbons (Fsp3) is 0.154. The summed E-state index contributed by atoms with van der Waals surface area (Å²) in [6.07, 6.45) is -3.36. The molecule has 1 aromatic heterocycles. The lowest BCUT2D eigenvalue weighted by Crippen LogP contribution is -2.42. The second-order valence-electron chi connectivity index (χ2n) is 4.59. The van der Waals surface area contributed by atoms with Crippen molar-refractivity contribution in [1.82, 2.24) is 14.8 Å². The van der Waals surface area contributed by atoms with Gasteiger partial charge in [0.05, 0.1) is 4.90 Å². The first-order chi connectivity index (χ1) is 11.1. The van der Waals surface area contributed by atoms with Gasteiger partial charge in [0.1, 0.15) is 11.4 Å². The topological polar surface area (TPSA) is 89.4 Å². The Balaban J connectivity index is 2.12. The van der Waals surface area contributed by atoms with Crippen LogP contribution in [0.4, 0.5) is 13.2 Å². The number of hydrogen-bond acceptors (Lipinski definition) is 4. The van der Waals surface area contributed by atoms with E-state index in [1.165, 1.54) is 10.6 Å². The van der Waals surface area contributed by atoms with Crippen LogP contribution in [-0.4, -0.2) is 25.3 Å². The molecule has 0 spiro atoms. The van der Waals surface area contributed by atoms with Gasteiger partial charge in [-0.1, -0.05) is 6.07 Å². The van der Waals surface area contributed by atoms with Crippen molar-refractivity contribution < 1.29 is 31.1 Å². The minimum atomic E-state index is -4.95. The van der Waals surface area contributed by atoms with Crippen molar-refractivity contribution in [3.63, 3.8) is 0 Å². The van der Waals surface area contributed by atoms with Crippen molar-refractivity contribution in [1.29, 1.82) is 0 Å². The van der Waals surface area contributed by atoms with Crippen molar-refractivity contribution >= 4 is 15.9 Å². The van der Waals surface area contributed by atoms with Crippen LogP contribution in [0.15, 0.2) is 47.5 Å². The van der Waals surface area contributed by atoms with Gasteiger partial charge in [-0.15, -0.1) is 18.0 Å². The molecular formula is C13H12F3N3O4S. The molecule has 1 aromatic carbocycles. The third-order valence-electron chi connectivity index (χ3n) is 2.82. The molecule has 0 atom stereocenters. The summed E-state index contributed by atoms with van der Waals surface area (Å²) in [5, 5.41) is 0. The quantitative estimate of drug-likeness (QED) is 0.789. The number of aromatic nitrogens is 1. The van der Waals surface area contributed by atoms with E-state index in [4.69, 9.17) is 0 Å². The smallest absolute Gasteiger partial charge is 0.406 e. The van der Waals surface area contributed by atoms with Crippen LogP contribution in [0.25, 0.3) is 0 Å². The van der Waals surface area contributed by atoms with Gasteiger partial charge in [-0.25, -0.2) is 8.42 Å². The molecule has 24 heavy (non-hydrogen) atoms. The zero-order valence-electron chi connectivity index (χ0n) is 12.2. The van der Waals surface area contributed by atoms with Crippen LogP contribution < -0.4 is 15.0 Å². The number of aryl methyl sites for hydroxylation is 1. The van der Waals surface area contributed by atoms with Gasteiger partial charge in [-0.3, -0.25) is 10.2 Å². The molecule has 0 saturated heterocycles. The van der Waals surface area contributed by atoms with E-state index < -0.39 is 32.9 Å². The summed E-state index contributed by atoms with van der Waals surface area (Å²) >= 11 is 0. The van der Waals surface area contributed by atoms with Crippen molar-refractivity contribution in [2.45, 2.75) is 11.3 Å². The Morgan fingerprint density at radius 3 is 2.50 bits per heavy atom. The molecule has 0 fully saturated rings. The Morgan fingerprint density at radius 2 is 1.92 bits per heavy atom. The summed E-state index contributed by atoms with van der Waals surface area (Å²) in [5.74, 6) is -1.42. The van der Waals surface area contributed by atoms with Crippen LogP contribution in [-0.2, 0) is 17.1 Å². The highest BCUT2D eigenvalue weighted by atomic mass is 32.2. The largest absolute Gasteiger partial charge is 0.573 e. The number of nitrogens with zero attached hydrogens (tertiary/aromatic N) is 1. The Morgan fingerprint density at radius 1 is 1.21 bits per heavy atom. The van der Waals surface area contributed by atoms with Crippen LogP contribution in [0.5, 0.6) is 5.75 Å². The zero-order valence-corrected chi connectivity index (χ0v) is 13.0. The minimum Gasteiger partial charge on any atom is -0.406 e. The Bertz CT molecular complexity index is 846. The number of alkyl halides is 3. The number of carbonyl (C=O) groups is 1. The lowest BCUT2D eigenvalue weighted by molar-refractivity contribution is -0.274. The molecule has 0 aliphatic heterocycles. The Labute approximate surface area is 135 Å². The number of ether oxygens (including phenoxy) is 1. The second kappa shape index (κ2) is 6.53. The number of hydrogen-bond donors (Lipinski definition) is 2. The van der Waals surface area contributed by atoms with Crippen LogP contribution in [0, 0.1) is 0 Å². The van der Waals surface area contributed by atoms with Crippen LogP contribution in [0.2, 0.25) is 0 Å². The monoisotopic (exact) mass is 363 g/mol. The molecule has 0 aliphatic rings. The maximum absolute atomic E-state index is 12.2. The molecule has 11 heteroatoms. The van der Waals surface area contributed by atoms with Crippen molar-refractivity contribution in [3.05, 3.63) is 48.3 Å². The maximum atomic E-state index is 12.2. The summed E-state index contributed by atoms with van der Waals surface area (Å²) in [4.78, 5) is 13.1. The van der Waals surface area contributed by atoms with E-state index in [0.717, 1.165) is 18.2 Å². The molecule has 2 rings (SSSR count). The van der Waals surface area contributed by atoms with E-state index in [2.05, 4.69) is 4.74 Å². The second-order valence-corrected chi connectivity index (χ2v) is 6.27. The third-order valence-corrected chi connectivity index (χ3v) is 4.07. The molecule has 0 radical (unpaired) electrons. The first-order valence-electron chi connectivity index (χ1n) is 6.38. The molecule has 1 amide bonds. The third kappa shape index (κ3) is 4.49. The van der Waals surface area contributed by atoms with E-state index in [0.29, 0.717) is 6.07 Å². The molecule has 7 nitrogen and oxygen atoms in total. The SMILES string of the molecule is Cn1cccc1C(=O)NNS(=O)(=O)c1cccc(OC(F)(F)F)c1. The fourth-order valence-electron chi connectivity index (χ4n) is 1.77. The van der Waals surface area contributed by atoms with E-state index in [1.807, 2.05) is 5.43 Å². The highest BCUT2D eigenvalue weighted by Crippen LogP contribution is 2.24. The average Bonchev–Trinajstić information content (AvgIpc) is 2.89. The van der Waals surface area contributed by atoms with E-state index in [9.17, 15) is 26.4 Å². The number of nitrogens with one attached hydrogen (secondary N) is 2.